The van der Waals surface area contributed by atoms with Gasteiger partial charge in [0, 0.05) is 10.7 Å². The van der Waals surface area contributed by atoms with Crippen LogP contribution in [0.4, 0.5) is 0 Å². The third-order valence-corrected chi connectivity index (χ3v) is 2.87. The molecule has 1 aliphatic heterocycles. The van der Waals surface area contributed by atoms with E-state index in [-0.39, 0.29) is 6.10 Å². The van der Waals surface area contributed by atoms with Crippen LogP contribution in [0.5, 0.6) is 5.75 Å². The third-order valence-electron chi connectivity index (χ3n) is 2.44. The second-order valence-corrected chi connectivity index (χ2v) is 4.71. The first-order valence-corrected chi connectivity index (χ1v) is 5.92. The summed E-state index contributed by atoms with van der Waals surface area (Å²) in [7, 11) is 0. The number of rotatable bonds is 3. The van der Waals surface area contributed by atoms with Crippen molar-refractivity contribution < 1.29 is 9.47 Å². The van der Waals surface area contributed by atoms with Crippen molar-refractivity contribution in [2.75, 3.05) is 6.61 Å². The SMILES string of the molecule is CC1CCC(COc2cncc(Br)c2)O1. The summed E-state index contributed by atoms with van der Waals surface area (Å²) in [6.07, 6.45) is 6.27. The van der Waals surface area contributed by atoms with Gasteiger partial charge in [-0.3, -0.25) is 4.98 Å². The van der Waals surface area contributed by atoms with E-state index in [0.717, 1.165) is 23.1 Å². The van der Waals surface area contributed by atoms with Crippen LogP contribution in [0.25, 0.3) is 0 Å². The summed E-state index contributed by atoms with van der Waals surface area (Å²) in [5.74, 6) is 0.785. The topological polar surface area (TPSA) is 31.4 Å². The Morgan fingerprint density at radius 2 is 2.40 bits per heavy atom. The lowest BCUT2D eigenvalue weighted by molar-refractivity contribution is 0.0264. The number of ether oxygens (including phenoxy) is 2. The molecule has 2 atom stereocenters. The van der Waals surface area contributed by atoms with Crippen LogP contribution in [-0.4, -0.2) is 23.8 Å². The van der Waals surface area contributed by atoms with Crippen LogP contribution >= 0.6 is 15.9 Å². The van der Waals surface area contributed by atoms with Crippen LogP contribution in [0, 0.1) is 0 Å². The molecule has 0 radical (unpaired) electrons. The van der Waals surface area contributed by atoms with Crippen LogP contribution in [-0.2, 0) is 4.74 Å². The summed E-state index contributed by atoms with van der Waals surface area (Å²) in [5, 5.41) is 0. The highest BCUT2D eigenvalue weighted by Gasteiger charge is 2.22. The molecule has 82 valence electrons. The number of nitrogens with zero attached hydrogens (tertiary/aromatic N) is 1. The van der Waals surface area contributed by atoms with Crippen molar-refractivity contribution in [1.29, 1.82) is 0 Å². The van der Waals surface area contributed by atoms with Crippen molar-refractivity contribution in [1.82, 2.24) is 4.98 Å². The van der Waals surface area contributed by atoms with Gasteiger partial charge in [-0.15, -0.1) is 0 Å². The lowest BCUT2D eigenvalue weighted by Crippen LogP contribution is -2.17. The van der Waals surface area contributed by atoms with Gasteiger partial charge in [0.2, 0.25) is 0 Å². The first-order valence-electron chi connectivity index (χ1n) is 5.13. The average molecular weight is 272 g/mol. The van der Waals surface area contributed by atoms with E-state index < -0.39 is 0 Å². The number of aromatic nitrogens is 1. The van der Waals surface area contributed by atoms with Gasteiger partial charge in [-0.1, -0.05) is 0 Å². The molecule has 0 N–H and O–H groups in total. The molecular weight excluding hydrogens is 258 g/mol. The van der Waals surface area contributed by atoms with Gasteiger partial charge in [0.25, 0.3) is 0 Å². The maximum Gasteiger partial charge on any atom is 0.138 e. The molecule has 1 aliphatic rings. The van der Waals surface area contributed by atoms with Crippen molar-refractivity contribution >= 4 is 15.9 Å². The molecular formula is C11H14BrNO2. The van der Waals surface area contributed by atoms with Gasteiger partial charge in [0.1, 0.15) is 12.4 Å². The lowest BCUT2D eigenvalue weighted by Gasteiger charge is -2.12. The van der Waals surface area contributed by atoms with E-state index in [4.69, 9.17) is 9.47 Å². The number of hydrogen-bond acceptors (Lipinski definition) is 3. The number of pyridine rings is 1. The van der Waals surface area contributed by atoms with Crippen LogP contribution in [0.1, 0.15) is 19.8 Å². The highest BCUT2D eigenvalue weighted by Crippen LogP contribution is 2.21. The van der Waals surface area contributed by atoms with E-state index in [1.807, 2.05) is 6.07 Å². The Bertz CT molecular complexity index is 332. The molecule has 1 aromatic heterocycles. The van der Waals surface area contributed by atoms with Gasteiger partial charge in [-0.05, 0) is 41.8 Å². The molecule has 15 heavy (non-hydrogen) atoms. The van der Waals surface area contributed by atoms with Crippen molar-refractivity contribution in [3.63, 3.8) is 0 Å². The molecule has 3 nitrogen and oxygen atoms in total. The van der Waals surface area contributed by atoms with Crippen molar-refractivity contribution in [3.05, 3.63) is 22.9 Å². The maximum absolute atomic E-state index is 5.66. The summed E-state index contributed by atoms with van der Waals surface area (Å²) in [6.45, 7) is 2.71. The quantitative estimate of drug-likeness (QED) is 0.847. The van der Waals surface area contributed by atoms with Gasteiger partial charge in [0.15, 0.2) is 0 Å². The van der Waals surface area contributed by atoms with E-state index in [1.165, 1.54) is 0 Å². The standard InChI is InChI=1S/C11H14BrNO2/c1-8-2-3-10(15-8)7-14-11-4-9(12)5-13-6-11/h4-6,8,10H,2-3,7H2,1H3. The molecule has 0 saturated carbocycles. The number of hydrogen-bond donors (Lipinski definition) is 0. The molecule has 1 fully saturated rings. The average Bonchev–Trinajstić information content (AvgIpc) is 2.62. The Morgan fingerprint density at radius 3 is 3.07 bits per heavy atom. The predicted molar refractivity (Wildman–Crippen MR) is 61.0 cm³/mol. The van der Waals surface area contributed by atoms with Gasteiger partial charge >= 0.3 is 0 Å². The molecule has 0 spiro atoms. The van der Waals surface area contributed by atoms with E-state index in [1.54, 1.807) is 12.4 Å². The van der Waals surface area contributed by atoms with E-state index in [0.29, 0.717) is 12.7 Å². The zero-order chi connectivity index (χ0) is 10.7. The van der Waals surface area contributed by atoms with Crippen LogP contribution < -0.4 is 4.74 Å². The van der Waals surface area contributed by atoms with Crippen LogP contribution in [0.2, 0.25) is 0 Å². The Hall–Kier alpha value is -0.610. The second kappa shape index (κ2) is 4.94. The maximum atomic E-state index is 5.66. The lowest BCUT2D eigenvalue weighted by atomic mass is 10.2. The fraction of sp³-hybridized carbons (Fsp3) is 0.545. The largest absolute Gasteiger partial charge is 0.489 e. The summed E-state index contributed by atoms with van der Waals surface area (Å²) < 4.78 is 12.2. The molecule has 4 heteroatoms. The monoisotopic (exact) mass is 271 g/mol. The Labute approximate surface area is 97.9 Å². The van der Waals surface area contributed by atoms with Crippen LogP contribution in [0.15, 0.2) is 22.9 Å². The van der Waals surface area contributed by atoms with Crippen LogP contribution in [0.3, 0.4) is 0 Å². The molecule has 2 rings (SSSR count). The minimum Gasteiger partial charge on any atom is -0.489 e. The fourth-order valence-electron chi connectivity index (χ4n) is 1.67. The van der Waals surface area contributed by atoms with Crippen molar-refractivity contribution in [2.24, 2.45) is 0 Å². The van der Waals surface area contributed by atoms with Gasteiger partial charge in [0.05, 0.1) is 18.4 Å². The molecule has 0 aromatic carbocycles. The second-order valence-electron chi connectivity index (χ2n) is 3.80. The highest BCUT2D eigenvalue weighted by molar-refractivity contribution is 9.10. The molecule has 1 saturated heterocycles. The minimum atomic E-state index is 0.235. The van der Waals surface area contributed by atoms with Crippen molar-refractivity contribution in [3.8, 4) is 5.75 Å². The first-order chi connectivity index (χ1) is 7.24. The van der Waals surface area contributed by atoms with Crippen molar-refractivity contribution in [2.45, 2.75) is 32.0 Å². The summed E-state index contributed by atoms with van der Waals surface area (Å²) in [6, 6.07) is 1.91. The molecule has 2 unspecified atom stereocenters. The normalized spacial score (nSPS) is 25.5. The number of halogens is 1. The van der Waals surface area contributed by atoms with E-state index in [2.05, 4.69) is 27.8 Å². The zero-order valence-electron chi connectivity index (χ0n) is 8.65. The minimum absolute atomic E-state index is 0.235. The zero-order valence-corrected chi connectivity index (χ0v) is 10.2. The highest BCUT2D eigenvalue weighted by atomic mass is 79.9. The summed E-state index contributed by atoms with van der Waals surface area (Å²) >= 11 is 3.35. The van der Waals surface area contributed by atoms with E-state index in [9.17, 15) is 0 Å². The van der Waals surface area contributed by atoms with E-state index >= 15 is 0 Å². The fourth-order valence-corrected chi connectivity index (χ4v) is 2.01. The molecule has 2 heterocycles. The Kier molecular flexibility index (Phi) is 3.59. The summed E-state index contributed by atoms with van der Waals surface area (Å²) in [5.41, 5.74) is 0. The molecule has 0 aliphatic carbocycles. The molecule has 0 amide bonds. The van der Waals surface area contributed by atoms with Gasteiger partial charge in [-0.25, -0.2) is 0 Å². The van der Waals surface area contributed by atoms with Gasteiger partial charge < -0.3 is 9.47 Å². The smallest absolute Gasteiger partial charge is 0.138 e. The first kappa shape index (κ1) is 10.9. The Balaban J connectivity index is 1.83. The molecule has 0 bridgehead atoms. The third kappa shape index (κ3) is 3.18. The Morgan fingerprint density at radius 1 is 1.53 bits per heavy atom. The molecule has 1 aromatic rings. The predicted octanol–water partition coefficient (Wildman–Crippen LogP) is 2.79. The van der Waals surface area contributed by atoms with Gasteiger partial charge in [-0.2, -0.15) is 0 Å². The summed E-state index contributed by atoms with van der Waals surface area (Å²) in [4.78, 5) is 4.03.